The average molecular weight is 334 g/mol. The Hall–Kier alpha value is -1.04. The highest BCUT2D eigenvalue weighted by Gasteiger charge is 2.32. The first-order valence-corrected chi connectivity index (χ1v) is 9.58. The number of nitrogens with zero attached hydrogens (tertiary/aromatic N) is 1. The number of amides is 1. The molecule has 5 heteroatoms. The summed E-state index contributed by atoms with van der Waals surface area (Å²) in [6.07, 6.45) is 0.586. The highest BCUT2D eigenvalue weighted by Crippen LogP contribution is 2.27. The number of morpholine rings is 1. The molecule has 2 aliphatic rings. The fourth-order valence-electron chi connectivity index (χ4n) is 3.32. The number of benzene rings is 1. The van der Waals surface area contributed by atoms with Crippen molar-refractivity contribution in [2.24, 2.45) is 0 Å². The van der Waals surface area contributed by atoms with E-state index in [1.807, 2.05) is 28.8 Å². The Kier molecular flexibility index (Phi) is 5.62. The van der Waals surface area contributed by atoms with E-state index in [1.54, 1.807) is 0 Å². The Morgan fingerprint density at radius 2 is 2.26 bits per heavy atom. The Morgan fingerprint density at radius 3 is 3.00 bits per heavy atom. The first kappa shape index (κ1) is 16.8. The molecule has 0 aromatic heterocycles. The highest BCUT2D eigenvalue weighted by molar-refractivity contribution is 7.99. The van der Waals surface area contributed by atoms with E-state index in [2.05, 4.69) is 31.3 Å². The molecular formula is C18H26N2O2S. The van der Waals surface area contributed by atoms with Crippen molar-refractivity contribution < 1.29 is 9.53 Å². The van der Waals surface area contributed by atoms with Crippen molar-refractivity contribution >= 4 is 17.7 Å². The number of thioether (sulfide) groups is 1. The number of aryl methyl sites for hydroxylation is 1. The molecule has 2 heterocycles. The molecule has 2 fully saturated rings. The second-order valence-electron chi connectivity index (χ2n) is 6.50. The lowest BCUT2D eigenvalue weighted by molar-refractivity contribution is -0.145. The summed E-state index contributed by atoms with van der Waals surface area (Å²) in [6.45, 7) is 6.45. The molecule has 23 heavy (non-hydrogen) atoms. The van der Waals surface area contributed by atoms with Crippen LogP contribution in [0.25, 0.3) is 0 Å². The second kappa shape index (κ2) is 7.69. The van der Waals surface area contributed by atoms with E-state index >= 15 is 0 Å². The predicted molar refractivity (Wildman–Crippen MR) is 94.8 cm³/mol. The largest absolute Gasteiger partial charge is 0.370 e. The first-order chi connectivity index (χ1) is 11.1. The van der Waals surface area contributed by atoms with Crippen molar-refractivity contribution in [3.8, 4) is 0 Å². The molecule has 3 rings (SSSR count). The maximum atomic E-state index is 12.8. The van der Waals surface area contributed by atoms with Gasteiger partial charge in [-0.05, 0) is 25.0 Å². The van der Waals surface area contributed by atoms with E-state index in [9.17, 15) is 4.79 Å². The van der Waals surface area contributed by atoms with Crippen molar-refractivity contribution in [1.29, 1.82) is 0 Å². The van der Waals surface area contributed by atoms with Gasteiger partial charge >= 0.3 is 0 Å². The Labute approximate surface area is 143 Å². The van der Waals surface area contributed by atoms with Crippen LogP contribution in [-0.4, -0.2) is 54.1 Å². The van der Waals surface area contributed by atoms with Crippen molar-refractivity contribution in [2.45, 2.75) is 38.5 Å². The molecule has 3 unspecified atom stereocenters. The van der Waals surface area contributed by atoms with Gasteiger partial charge in [-0.3, -0.25) is 4.79 Å². The normalized spacial score (nSPS) is 28.6. The van der Waals surface area contributed by atoms with Crippen LogP contribution in [0.3, 0.4) is 0 Å². The zero-order chi connectivity index (χ0) is 16.2. The van der Waals surface area contributed by atoms with Crippen LogP contribution in [0.4, 0.5) is 0 Å². The number of ether oxygens (including phenoxy) is 1. The fourth-order valence-corrected chi connectivity index (χ4v) is 4.27. The van der Waals surface area contributed by atoms with Gasteiger partial charge < -0.3 is 15.0 Å². The zero-order valence-corrected chi connectivity index (χ0v) is 14.8. The van der Waals surface area contributed by atoms with Gasteiger partial charge in [0.1, 0.15) is 6.10 Å². The van der Waals surface area contributed by atoms with Gasteiger partial charge in [0.15, 0.2) is 0 Å². The van der Waals surface area contributed by atoms with Crippen LogP contribution >= 0.6 is 11.8 Å². The minimum Gasteiger partial charge on any atom is -0.370 e. The van der Waals surface area contributed by atoms with E-state index in [1.165, 1.54) is 11.1 Å². The van der Waals surface area contributed by atoms with Gasteiger partial charge in [0.25, 0.3) is 0 Å². The molecule has 1 aromatic carbocycles. The van der Waals surface area contributed by atoms with Gasteiger partial charge in [-0.1, -0.05) is 24.3 Å². The highest BCUT2D eigenvalue weighted by atomic mass is 32.2. The minimum absolute atomic E-state index is 0.00922. The third-order valence-corrected chi connectivity index (χ3v) is 5.84. The molecule has 0 radical (unpaired) electrons. The summed E-state index contributed by atoms with van der Waals surface area (Å²) in [5.41, 5.74) is 2.42. The average Bonchev–Trinajstić information content (AvgIpc) is 2.57. The minimum atomic E-state index is -0.00922. The summed E-state index contributed by atoms with van der Waals surface area (Å²) in [7, 11) is 0. The summed E-state index contributed by atoms with van der Waals surface area (Å²) in [6, 6.07) is 8.76. The number of hydrogen-bond acceptors (Lipinski definition) is 4. The zero-order valence-electron chi connectivity index (χ0n) is 14.0. The van der Waals surface area contributed by atoms with Crippen molar-refractivity contribution in [3.63, 3.8) is 0 Å². The monoisotopic (exact) mass is 334 g/mol. The van der Waals surface area contributed by atoms with Gasteiger partial charge in [-0.2, -0.15) is 11.8 Å². The third kappa shape index (κ3) is 4.08. The third-order valence-electron chi connectivity index (χ3n) is 4.71. The summed E-state index contributed by atoms with van der Waals surface area (Å²) in [5.74, 6) is 2.43. The summed E-state index contributed by atoms with van der Waals surface area (Å²) < 4.78 is 6.01. The molecular weight excluding hydrogens is 308 g/mol. The van der Waals surface area contributed by atoms with Crippen molar-refractivity contribution in [1.82, 2.24) is 10.2 Å². The van der Waals surface area contributed by atoms with E-state index in [0.29, 0.717) is 25.6 Å². The van der Waals surface area contributed by atoms with Gasteiger partial charge in [0, 0.05) is 30.5 Å². The molecule has 4 nitrogen and oxygen atoms in total. The molecule has 126 valence electrons. The molecule has 1 amide bonds. The van der Waals surface area contributed by atoms with Crippen LogP contribution in [0.1, 0.15) is 30.6 Å². The van der Waals surface area contributed by atoms with E-state index < -0.39 is 0 Å². The molecule has 3 atom stereocenters. The second-order valence-corrected chi connectivity index (χ2v) is 7.65. The predicted octanol–water partition coefficient (Wildman–Crippen LogP) is 2.38. The molecule has 1 aromatic rings. The number of carbonyl (C=O) groups is 1. The van der Waals surface area contributed by atoms with Gasteiger partial charge in [-0.15, -0.1) is 0 Å². The smallest absolute Gasteiger partial charge is 0.224 e. The summed E-state index contributed by atoms with van der Waals surface area (Å²) >= 11 is 1.93. The SMILES string of the molecule is Cc1ccccc1C1CN(C(=O)CC2CSCCN2)C(C)CO1. The maximum absolute atomic E-state index is 12.8. The van der Waals surface area contributed by atoms with Gasteiger partial charge in [0.2, 0.25) is 5.91 Å². The van der Waals surface area contributed by atoms with E-state index in [-0.39, 0.29) is 18.1 Å². The Morgan fingerprint density at radius 1 is 1.43 bits per heavy atom. The molecule has 0 saturated carbocycles. The first-order valence-electron chi connectivity index (χ1n) is 8.43. The molecule has 0 bridgehead atoms. The van der Waals surface area contributed by atoms with Crippen molar-refractivity contribution in [2.75, 3.05) is 31.2 Å². The Balaban J connectivity index is 1.65. The lowest BCUT2D eigenvalue weighted by Gasteiger charge is -2.39. The van der Waals surface area contributed by atoms with Crippen LogP contribution in [0.15, 0.2) is 24.3 Å². The van der Waals surface area contributed by atoms with Crippen LogP contribution in [-0.2, 0) is 9.53 Å². The number of carbonyl (C=O) groups excluding carboxylic acids is 1. The lowest BCUT2D eigenvalue weighted by Crippen LogP contribution is -2.50. The van der Waals surface area contributed by atoms with Gasteiger partial charge in [-0.25, -0.2) is 0 Å². The maximum Gasteiger partial charge on any atom is 0.224 e. The van der Waals surface area contributed by atoms with E-state index in [4.69, 9.17) is 4.74 Å². The summed E-state index contributed by atoms with van der Waals surface area (Å²) in [4.78, 5) is 14.8. The van der Waals surface area contributed by atoms with Crippen LogP contribution in [0, 0.1) is 6.92 Å². The molecule has 1 N–H and O–H groups in total. The topological polar surface area (TPSA) is 41.6 Å². The molecule has 0 spiro atoms. The molecule has 2 saturated heterocycles. The van der Waals surface area contributed by atoms with Crippen LogP contribution in [0.5, 0.6) is 0 Å². The quantitative estimate of drug-likeness (QED) is 0.921. The van der Waals surface area contributed by atoms with Crippen molar-refractivity contribution in [3.05, 3.63) is 35.4 Å². The molecule has 0 aliphatic carbocycles. The number of rotatable bonds is 3. The van der Waals surface area contributed by atoms with Crippen LogP contribution < -0.4 is 5.32 Å². The van der Waals surface area contributed by atoms with Gasteiger partial charge in [0.05, 0.1) is 19.2 Å². The van der Waals surface area contributed by atoms with Crippen LogP contribution in [0.2, 0.25) is 0 Å². The number of hydrogen-bond donors (Lipinski definition) is 1. The summed E-state index contributed by atoms with van der Waals surface area (Å²) in [5, 5.41) is 3.46. The molecule has 2 aliphatic heterocycles. The standard InChI is InChI=1S/C18H26N2O2S/c1-13-5-3-4-6-16(13)17-10-20(14(2)11-22-17)18(21)9-15-12-23-8-7-19-15/h3-6,14-15,17,19H,7-12H2,1-2H3. The lowest BCUT2D eigenvalue weighted by atomic mass is 10.0. The number of nitrogens with one attached hydrogen (secondary N) is 1. The Bertz CT molecular complexity index is 546. The fraction of sp³-hybridized carbons (Fsp3) is 0.611. The van der Waals surface area contributed by atoms with E-state index in [0.717, 1.165) is 18.1 Å².